The molecule has 2 fully saturated rings. The molecule has 0 saturated carbocycles. The molecule has 0 amide bonds. The van der Waals surface area contributed by atoms with Crippen molar-refractivity contribution in [2.45, 2.75) is 19.0 Å². The highest BCUT2D eigenvalue weighted by molar-refractivity contribution is 5.67. The van der Waals surface area contributed by atoms with Crippen molar-refractivity contribution in [3.05, 3.63) is 36.4 Å². The van der Waals surface area contributed by atoms with E-state index in [1.807, 2.05) is 30.3 Å². The Balaban J connectivity index is 0.000000706. The van der Waals surface area contributed by atoms with E-state index in [2.05, 4.69) is 33.0 Å². The number of nitrogens with zero attached hydrogens (tertiary/aromatic N) is 4. The third-order valence-electron chi connectivity index (χ3n) is 5.12. The van der Waals surface area contributed by atoms with Gasteiger partial charge < -0.3 is 19.5 Å². The van der Waals surface area contributed by atoms with Crippen LogP contribution < -0.4 is 9.64 Å². The Kier molecular flexibility index (Phi) is 6.78. The van der Waals surface area contributed by atoms with Crippen LogP contribution in [0, 0.1) is 0 Å². The van der Waals surface area contributed by atoms with E-state index >= 15 is 0 Å². The minimum Gasteiger partial charge on any atom is -0.496 e. The molecule has 0 radical (unpaired) electrons. The number of anilines is 1. The van der Waals surface area contributed by atoms with Crippen LogP contribution in [0.3, 0.4) is 0 Å². The Labute approximate surface area is 164 Å². The molecular weight excluding hydrogens is 360 g/mol. The highest BCUT2D eigenvalue weighted by atomic mass is 16.5. The van der Waals surface area contributed by atoms with E-state index in [9.17, 15) is 0 Å². The molecule has 4 rings (SSSR count). The molecule has 8 heteroatoms. The SMILES string of the molecule is COc1ccccc1-c1ccc(N2CCN3[C@@H](COC[C@@H]3C)C2)nn1.O=CO. The number of carboxylic acid groups (broad SMARTS) is 1. The Morgan fingerprint density at radius 2 is 1.96 bits per heavy atom. The highest BCUT2D eigenvalue weighted by Crippen LogP contribution is 2.29. The quantitative estimate of drug-likeness (QED) is 0.799. The maximum Gasteiger partial charge on any atom is 0.290 e. The lowest BCUT2D eigenvalue weighted by molar-refractivity contribution is -0.122. The molecule has 0 aliphatic carbocycles. The third-order valence-corrected chi connectivity index (χ3v) is 5.12. The van der Waals surface area contributed by atoms with Crippen molar-refractivity contribution in [3.63, 3.8) is 0 Å². The minimum absolute atomic E-state index is 0.250. The molecule has 3 heterocycles. The van der Waals surface area contributed by atoms with E-state index in [-0.39, 0.29) is 6.47 Å². The van der Waals surface area contributed by atoms with E-state index in [4.69, 9.17) is 19.4 Å². The molecule has 0 spiro atoms. The van der Waals surface area contributed by atoms with E-state index in [0.29, 0.717) is 12.1 Å². The maximum absolute atomic E-state index is 8.36. The molecule has 8 nitrogen and oxygen atoms in total. The standard InChI is InChI=1S/C19H24N4O2.CH2O2/c1-14-12-25-13-15-11-22(9-10-23(14)15)19-8-7-17(20-21-19)16-5-3-4-6-18(16)24-2;2-1-3/h3-8,14-15H,9-13H2,1-2H3;1H,(H,2,3)/t14-,15+;/m0./s1. The van der Waals surface area contributed by atoms with Gasteiger partial charge in [-0.05, 0) is 31.2 Å². The number of hydrogen-bond donors (Lipinski definition) is 1. The van der Waals surface area contributed by atoms with Gasteiger partial charge in [0, 0.05) is 31.2 Å². The number of benzene rings is 1. The summed E-state index contributed by atoms with van der Waals surface area (Å²) in [6.07, 6.45) is 0. The van der Waals surface area contributed by atoms with E-state index < -0.39 is 0 Å². The van der Waals surface area contributed by atoms with Crippen molar-refractivity contribution < 1.29 is 19.4 Å². The van der Waals surface area contributed by atoms with Crippen LogP contribution in [-0.4, -0.2) is 78.7 Å². The van der Waals surface area contributed by atoms with Crippen LogP contribution in [0.5, 0.6) is 5.75 Å². The van der Waals surface area contributed by atoms with Gasteiger partial charge in [-0.2, -0.15) is 0 Å². The van der Waals surface area contributed by atoms with Gasteiger partial charge in [-0.1, -0.05) is 12.1 Å². The fourth-order valence-electron chi connectivity index (χ4n) is 3.77. The Hall–Kier alpha value is -2.71. The Morgan fingerprint density at radius 1 is 1.18 bits per heavy atom. The first-order valence-electron chi connectivity index (χ1n) is 9.31. The second kappa shape index (κ2) is 9.48. The molecule has 2 aliphatic rings. The number of fused-ring (bicyclic) bond motifs is 1. The number of methoxy groups -OCH3 is 1. The number of rotatable bonds is 3. The van der Waals surface area contributed by atoms with Crippen LogP contribution in [0.25, 0.3) is 11.3 Å². The summed E-state index contributed by atoms with van der Waals surface area (Å²) in [5.41, 5.74) is 1.79. The number of ether oxygens (including phenoxy) is 2. The van der Waals surface area contributed by atoms with Gasteiger partial charge in [0.05, 0.1) is 32.1 Å². The van der Waals surface area contributed by atoms with Crippen molar-refractivity contribution in [3.8, 4) is 17.0 Å². The first kappa shape index (κ1) is 20.0. The topological polar surface area (TPSA) is 88.0 Å². The Morgan fingerprint density at radius 3 is 2.68 bits per heavy atom. The number of para-hydroxylation sites is 1. The van der Waals surface area contributed by atoms with Gasteiger partial charge in [-0.25, -0.2) is 0 Å². The molecule has 2 atom stereocenters. The third kappa shape index (κ3) is 4.40. The van der Waals surface area contributed by atoms with Crippen LogP contribution in [0.2, 0.25) is 0 Å². The number of carbonyl (C=O) groups is 1. The van der Waals surface area contributed by atoms with Crippen LogP contribution >= 0.6 is 0 Å². The summed E-state index contributed by atoms with van der Waals surface area (Å²) < 4.78 is 11.1. The summed E-state index contributed by atoms with van der Waals surface area (Å²) in [5, 5.41) is 15.8. The smallest absolute Gasteiger partial charge is 0.290 e. The molecule has 0 bridgehead atoms. The van der Waals surface area contributed by atoms with Gasteiger partial charge in [0.25, 0.3) is 6.47 Å². The number of aromatic nitrogens is 2. The van der Waals surface area contributed by atoms with Crippen molar-refractivity contribution in [2.24, 2.45) is 0 Å². The molecule has 1 N–H and O–H groups in total. The van der Waals surface area contributed by atoms with Crippen molar-refractivity contribution in [1.82, 2.24) is 15.1 Å². The van der Waals surface area contributed by atoms with E-state index in [1.165, 1.54) is 0 Å². The Bertz CT molecular complexity index is 771. The average molecular weight is 386 g/mol. The lowest BCUT2D eigenvalue weighted by atomic mass is 10.1. The normalized spacial score (nSPS) is 21.9. The highest BCUT2D eigenvalue weighted by Gasteiger charge is 2.34. The molecule has 1 aromatic heterocycles. The van der Waals surface area contributed by atoms with Gasteiger partial charge in [0.2, 0.25) is 0 Å². The molecule has 0 unspecified atom stereocenters. The summed E-state index contributed by atoms with van der Waals surface area (Å²) >= 11 is 0. The molecule has 1 aromatic carbocycles. The monoisotopic (exact) mass is 386 g/mol. The minimum atomic E-state index is -0.250. The second-order valence-electron chi connectivity index (χ2n) is 6.81. The zero-order chi connectivity index (χ0) is 19.9. The van der Waals surface area contributed by atoms with Gasteiger partial charge in [-0.3, -0.25) is 9.69 Å². The van der Waals surface area contributed by atoms with Crippen molar-refractivity contribution in [2.75, 3.05) is 44.9 Å². The van der Waals surface area contributed by atoms with Gasteiger partial charge in [0.1, 0.15) is 5.75 Å². The lowest BCUT2D eigenvalue weighted by Gasteiger charge is -2.47. The molecule has 28 heavy (non-hydrogen) atoms. The summed E-state index contributed by atoms with van der Waals surface area (Å²) in [4.78, 5) is 13.2. The van der Waals surface area contributed by atoms with E-state index in [1.54, 1.807) is 7.11 Å². The molecular formula is C20H26N4O4. The van der Waals surface area contributed by atoms with Gasteiger partial charge in [0.15, 0.2) is 5.82 Å². The molecule has 2 aliphatic heterocycles. The van der Waals surface area contributed by atoms with Gasteiger partial charge in [-0.15, -0.1) is 10.2 Å². The number of hydrogen-bond acceptors (Lipinski definition) is 7. The first-order valence-corrected chi connectivity index (χ1v) is 9.31. The number of morpholine rings is 1. The van der Waals surface area contributed by atoms with Crippen LogP contribution in [0.4, 0.5) is 5.82 Å². The first-order chi connectivity index (χ1) is 13.7. The van der Waals surface area contributed by atoms with Gasteiger partial charge >= 0.3 is 0 Å². The zero-order valence-electron chi connectivity index (χ0n) is 16.2. The summed E-state index contributed by atoms with van der Waals surface area (Å²) in [7, 11) is 1.67. The fourth-order valence-corrected chi connectivity index (χ4v) is 3.77. The maximum atomic E-state index is 8.36. The van der Waals surface area contributed by atoms with Crippen LogP contribution in [0.15, 0.2) is 36.4 Å². The predicted octanol–water partition coefficient (Wildman–Crippen LogP) is 1.76. The lowest BCUT2D eigenvalue weighted by Crippen LogP contribution is -2.61. The second-order valence-corrected chi connectivity index (χ2v) is 6.81. The summed E-state index contributed by atoms with van der Waals surface area (Å²) in [6.45, 7) is 6.59. The summed E-state index contributed by atoms with van der Waals surface area (Å²) in [5.74, 6) is 1.74. The molecule has 2 saturated heterocycles. The van der Waals surface area contributed by atoms with Crippen molar-refractivity contribution in [1.29, 1.82) is 0 Å². The largest absolute Gasteiger partial charge is 0.496 e. The molecule has 2 aromatic rings. The average Bonchev–Trinajstić information content (AvgIpc) is 2.74. The predicted molar refractivity (Wildman–Crippen MR) is 106 cm³/mol. The van der Waals surface area contributed by atoms with Crippen LogP contribution in [-0.2, 0) is 9.53 Å². The molecule has 150 valence electrons. The fraction of sp³-hybridized carbons (Fsp3) is 0.450. The summed E-state index contributed by atoms with van der Waals surface area (Å²) in [6, 6.07) is 12.9. The zero-order valence-corrected chi connectivity index (χ0v) is 16.2. The van der Waals surface area contributed by atoms with Crippen LogP contribution in [0.1, 0.15) is 6.92 Å². The van der Waals surface area contributed by atoms with E-state index in [0.717, 1.165) is 55.7 Å². The number of piperazine rings is 1. The van der Waals surface area contributed by atoms with Crippen molar-refractivity contribution >= 4 is 12.3 Å².